The molecule has 0 aromatic heterocycles. The van der Waals surface area contributed by atoms with Crippen molar-refractivity contribution >= 4 is 0 Å². The predicted octanol–water partition coefficient (Wildman–Crippen LogP) is 2.89. The van der Waals surface area contributed by atoms with Gasteiger partial charge >= 0.3 is 0 Å². The minimum atomic E-state index is 0.384. The summed E-state index contributed by atoms with van der Waals surface area (Å²) >= 11 is 0. The summed E-state index contributed by atoms with van der Waals surface area (Å²) in [6.45, 7) is 13.1. The van der Waals surface area contributed by atoms with Gasteiger partial charge in [0.05, 0.1) is 0 Å². The molecule has 0 aromatic rings. The zero-order chi connectivity index (χ0) is 12.5. The van der Waals surface area contributed by atoms with E-state index in [1.807, 2.05) is 0 Å². The molecule has 1 heterocycles. The normalized spacial score (nSPS) is 32.5. The molecule has 1 aliphatic carbocycles. The summed E-state index contributed by atoms with van der Waals surface area (Å²) in [6.07, 6.45) is 5.89. The van der Waals surface area contributed by atoms with Crippen molar-refractivity contribution in [3.63, 3.8) is 0 Å². The topological polar surface area (TPSA) is 15.3 Å². The Morgan fingerprint density at radius 1 is 1.24 bits per heavy atom. The Morgan fingerprint density at radius 3 is 2.47 bits per heavy atom. The zero-order valence-electron chi connectivity index (χ0n) is 12.1. The van der Waals surface area contributed by atoms with Crippen LogP contribution in [0.1, 0.15) is 53.4 Å². The summed E-state index contributed by atoms with van der Waals surface area (Å²) in [5.74, 6) is 1.05. The van der Waals surface area contributed by atoms with Gasteiger partial charge in [0.25, 0.3) is 0 Å². The zero-order valence-corrected chi connectivity index (χ0v) is 12.1. The van der Waals surface area contributed by atoms with Crippen molar-refractivity contribution in [1.82, 2.24) is 10.2 Å². The Kier molecular flexibility index (Phi) is 4.14. The van der Waals surface area contributed by atoms with Gasteiger partial charge in [0, 0.05) is 25.2 Å². The summed E-state index contributed by atoms with van der Waals surface area (Å²) in [6, 6.07) is 1.37. The first-order valence-electron chi connectivity index (χ1n) is 7.44. The van der Waals surface area contributed by atoms with Crippen LogP contribution in [-0.2, 0) is 0 Å². The van der Waals surface area contributed by atoms with Crippen LogP contribution in [0.5, 0.6) is 0 Å². The lowest BCUT2D eigenvalue weighted by atomic mass is 9.82. The van der Waals surface area contributed by atoms with E-state index >= 15 is 0 Å². The largest absolute Gasteiger partial charge is 0.311 e. The van der Waals surface area contributed by atoms with Gasteiger partial charge in [0.15, 0.2) is 0 Å². The van der Waals surface area contributed by atoms with Gasteiger partial charge in [0.1, 0.15) is 0 Å². The molecule has 1 saturated carbocycles. The fraction of sp³-hybridized carbons (Fsp3) is 1.00. The summed E-state index contributed by atoms with van der Waals surface area (Å²) in [5.41, 5.74) is 0.384. The van der Waals surface area contributed by atoms with Gasteiger partial charge in [0.2, 0.25) is 0 Å². The van der Waals surface area contributed by atoms with Gasteiger partial charge in [-0.25, -0.2) is 0 Å². The van der Waals surface area contributed by atoms with Crippen molar-refractivity contribution < 1.29 is 0 Å². The molecular weight excluding hydrogens is 208 g/mol. The van der Waals surface area contributed by atoms with E-state index in [-0.39, 0.29) is 0 Å². The van der Waals surface area contributed by atoms with Crippen molar-refractivity contribution in [2.45, 2.75) is 65.5 Å². The monoisotopic (exact) mass is 238 g/mol. The van der Waals surface area contributed by atoms with Crippen molar-refractivity contribution in [3.05, 3.63) is 0 Å². The lowest BCUT2D eigenvalue weighted by molar-refractivity contribution is 0.0835. The standard InChI is InChI=1S/C15H30N2/c1-12-10-16-14(15(2,3)4)11-17(12)9-8-13-6-5-7-13/h12-14,16H,5-11H2,1-4H3. The molecule has 1 aliphatic heterocycles. The number of nitrogens with one attached hydrogen (secondary N) is 1. The number of hydrogen-bond acceptors (Lipinski definition) is 2. The maximum atomic E-state index is 3.71. The van der Waals surface area contributed by atoms with Crippen LogP contribution < -0.4 is 5.32 Å². The SMILES string of the molecule is CC1CNC(C(C)(C)C)CN1CCC1CCC1. The molecule has 2 aliphatic rings. The van der Waals surface area contributed by atoms with Gasteiger partial charge in [-0.15, -0.1) is 0 Å². The molecule has 2 nitrogen and oxygen atoms in total. The van der Waals surface area contributed by atoms with E-state index in [0.717, 1.165) is 12.5 Å². The third-order valence-corrected chi connectivity index (χ3v) is 4.79. The third kappa shape index (κ3) is 3.45. The van der Waals surface area contributed by atoms with Crippen molar-refractivity contribution in [2.24, 2.45) is 11.3 Å². The molecule has 0 spiro atoms. The van der Waals surface area contributed by atoms with E-state index in [1.54, 1.807) is 0 Å². The quantitative estimate of drug-likeness (QED) is 0.813. The van der Waals surface area contributed by atoms with Crippen LogP contribution in [0.4, 0.5) is 0 Å². The second-order valence-corrected chi connectivity index (χ2v) is 7.26. The van der Waals surface area contributed by atoms with Crippen LogP contribution >= 0.6 is 0 Å². The highest BCUT2D eigenvalue weighted by Gasteiger charge is 2.32. The lowest BCUT2D eigenvalue weighted by Crippen LogP contribution is -2.59. The molecule has 0 bridgehead atoms. The predicted molar refractivity (Wildman–Crippen MR) is 74.2 cm³/mol. The highest BCUT2D eigenvalue weighted by Crippen LogP contribution is 2.30. The molecule has 1 N–H and O–H groups in total. The van der Waals surface area contributed by atoms with Crippen LogP contribution in [-0.4, -0.2) is 36.6 Å². The van der Waals surface area contributed by atoms with Crippen molar-refractivity contribution in [3.8, 4) is 0 Å². The van der Waals surface area contributed by atoms with Gasteiger partial charge < -0.3 is 5.32 Å². The smallest absolute Gasteiger partial charge is 0.0244 e. The van der Waals surface area contributed by atoms with E-state index in [2.05, 4.69) is 37.9 Å². The van der Waals surface area contributed by atoms with Gasteiger partial charge in [-0.1, -0.05) is 40.0 Å². The van der Waals surface area contributed by atoms with E-state index < -0.39 is 0 Å². The summed E-state index contributed by atoms with van der Waals surface area (Å²) in [7, 11) is 0. The summed E-state index contributed by atoms with van der Waals surface area (Å²) < 4.78 is 0. The number of nitrogens with zero attached hydrogens (tertiary/aromatic N) is 1. The third-order valence-electron chi connectivity index (χ3n) is 4.79. The molecule has 0 aromatic carbocycles. The van der Waals surface area contributed by atoms with E-state index in [9.17, 15) is 0 Å². The van der Waals surface area contributed by atoms with Crippen LogP contribution in [0.3, 0.4) is 0 Å². The maximum absolute atomic E-state index is 3.71. The first-order chi connectivity index (χ1) is 7.97. The molecule has 1 saturated heterocycles. The Bertz CT molecular complexity index is 240. The van der Waals surface area contributed by atoms with Gasteiger partial charge in [-0.3, -0.25) is 4.90 Å². The Morgan fingerprint density at radius 2 is 1.94 bits per heavy atom. The highest BCUT2D eigenvalue weighted by molar-refractivity contribution is 4.90. The van der Waals surface area contributed by atoms with Crippen molar-refractivity contribution in [1.29, 1.82) is 0 Å². The van der Waals surface area contributed by atoms with Crippen LogP contribution in [0.2, 0.25) is 0 Å². The number of piperazine rings is 1. The molecule has 2 fully saturated rings. The molecule has 0 amide bonds. The van der Waals surface area contributed by atoms with E-state index in [4.69, 9.17) is 0 Å². The Labute approximate surface area is 107 Å². The molecule has 0 radical (unpaired) electrons. The fourth-order valence-electron chi connectivity index (χ4n) is 2.94. The average Bonchev–Trinajstić information content (AvgIpc) is 2.16. The second-order valence-electron chi connectivity index (χ2n) is 7.26. The number of rotatable bonds is 3. The molecule has 2 heteroatoms. The van der Waals surface area contributed by atoms with Crippen LogP contribution in [0.15, 0.2) is 0 Å². The highest BCUT2D eigenvalue weighted by atomic mass is 15.2. The molecule has 2 atom stereocenters. The maximum Gasteiger partial charge on any atom is 0.0244 e. The Balaban J connectivity index is 1.81. The molecule has 2 unspecified atom stereocenters. The van der Waals surface area contributed by atoms with Crippen LogP contribution in [0.25, 0.3) is 0 Å². The molecule has 17 heavy (non-hydrogen) atoms. The summed E-state index contributed by atoms with van der Waals surface area (Å²) in [5, 5.41) is 3.71. The lowest BCUT2D eigenvalue weighted by Gasteiger charge is -2.44. The minimum absolute atomic E-state index is 0.384. The molecular formula is C15H30N2. The summed E-state index contributed by atoms with van der Waals surface area (Å²) in [4.78, 5) is 2.71. The molecule has 2 rings (SSSR count). The minimum Gasteiger partial charge on any atom is -0.311 e. The first kappa shape index (κ1) is 13.4. The van der Waals surface area contributed by atoms with E-state index in [0.29, 0.717) is 17.5 Å². The Hall–Kier alpha value is -0.0800. The van der Waals surface area contributed by atoms with E-state index in [1.165, 1.54) is 38.8 Å². The van der Waals surface area contributed by atoms with Gasteiger partial charge in [-0.2, -0.15) is 0 Å². The number of hydrogen-bond donors (Lipinski definition) is 1. The van der Waals surface area contributed by atoms with Crippen molar-refractivity contribution in [2.75, 3.05) is 19.6 Å². The van der Waals surface area contributed by atoms with Crippen LogP contribution in [0, 0.1) is 11.3 Å². The van der Waals surface area contributed by atoms with Gasteiger partial charge in [-0.05, 0) is 31.2 Å². The first-order valence-corrected chi connectivity index (χ1v) is 7.44. The average molecular weight is 238 g/mol. The fourth-order valence-corrected chi connectivity index (χ4v) is 2.94. The second kappa shape index (κ2) is 5.27. The molecule has 100 valence electrons.